The summed E-state index contributed by atoms with van der Waals surface area (Å²) in [6, 6.07) is 35.4. The lowest BCUT2D eigenvalue weighted by Gasteiger charge is -2.27. The second-order valence-electron chi connectivity index (χ2n) is 9.83. The van der Waals surface area contributed by atoms with Gasteiger partial charge in [-0.3, -0.25) is 0 Å². The van der Waals surface area contributed by atoms with Gasteiger partial charge in [-0.15, -0.1) is 0 Å². The van der Waals surface area contributed by atoms with Crippen LogP contribution in [0.5, 0.6) is 0 Å². The molecule has 3 heterocycles. The third-order valence-electron chi connectivity index (χ3n) is 7.92. The Bertz CT molecular complexity index is 1750. The van der Waals surface area contributed by atoms with Crippen molar-refractivity contribution < 1.29 is 8.98 Å². The lowest BCUT2D eigenvalue weighted by molar-refractivity contribution is -0.660. The number of hydrogen-bond acceptors (Lipinski definition) is 1. The van der Waals surface area contributed by atoms with Crippen molar-refractivity contribution in [2.24, 2.45) is 7.05 Å². The topological polar surface area (TPSA) is 17.0 Å². The van der Waals surface area contributed by atoms with E-state index in [1.165, 1.54) is 54.3 Å². The van der Waals surface area contributed by atoms with E-state index in [2.05, 4.69) is 128 Å². The molecule has 1 aliphatic heterocycles. The number of rotatable bonds is 2. The van der Waals surface area contributed by atoms with E-state index in [-0.39, 0.29) is 0 Å². The Morgan fingerprint density at radius 3 is 2.06 bits per heavy atom. The van der Waals surface area contributed by atoms with Crippen LogP contribution in [0.4, 0.5) is 0 Å². The van der Waals surface area contributed by atoms with Crippen LogP contribution in [0.2, 0.25) is 6.55 Å². The highest BCUT2D eigenvalue weighted by Gasteiger charge is 2.45. The fourth-order valence-electron chi connectivity index (χ4n) is 6.27. The fraction of sp³-hybridized carbons (Fsp3) is 0.0938. The summed E-state index contributed by atoms with van der Waals surface area (Å²) >= 11 is 0. The van der Waals surface area contributed by atoms with Crippen LogP contribution in [-0.4, -0.2) is 8.07 Å². The van der Waals surface area contributed by atoms with Gasteiger partial charge in [0, 0.05) is 22.9 Å². The third-order valence-corrected chi connectivity index (χ3v) is 12.4. The van der Waals surface area contributed by atoms with Crippen molar-refractivity contribution in [1.82, 2.24) is 0 Å². The first-order chi connectivity index (χ1) is 17.1. The minimum absolute atomic E-state index is 0.950. The molecular formula is C32H26NOSi+. The molecular weight excluding hydrogens is 442 g/mol. The van der Waals surface area contributed by atoms with Crippen molar-refractivity contribution in [3.8, 4) is 22.4 Å². The van der Waals surface area contributed by atoms with E-state index in [4.69, 9.17) is 4.42 Å². The zero-order chi connectivity index (χ0) is 23.7. The molecule has 0 saturated carbocycles. The van der Waals surface area contributed by atoms with Gasteiger partial charge in [-0.2, -0.15) is 0 Å². The van der Waals surface area contributed by atoms with Crippen LogP contribution in [0.3, 0.4) is 0 Å². The molecule has 2 nitrogen and oxygen atoms in total. The number of nitrogens with zero attached hydrogens (tertiary/aromatic N) is 1. The number of hydrogen-bond donors (Lipinski definition) is 0. The van der Waals surface area contributed by atoms with E-state index < -0.39 is 8.07 Å². The summed E-state index contributed by atoms with van der Waals surface area (Å²) in [6.45, 7) is 4.76. The highest BCUT2D eigenvalue weighted by Crippen LogP contribution is 2.38. The molecule has 0 amide bonds. The highest BCUT2D eigenvalue weighted by molar-refractivity contribution is 7.14. The second kappa shape index (κ2) is 7.27. The van der Waals surface area contributed by atoms with E-state index in [1.807, 2.05) is 0 Å². The lowest BCUT2D eigenvalue weighted by Crippen LogP contribution is -2.62. The molecule has 168 valence electrons. The predicted molar refractivity (Wildman–Crippen MR) is 147 cm³/mol. The summed E-state index contributed by atoms with van der Waals surface area (Å²) in [5, 5.41) is 6.89. The maximum Gasteiger partial charge on any atom is 0.216 e. The normalized spacial score (nSPS) is 13.8. The Morgan fingerprint density at radius 1 is 0.714 bits per heavy atom. The lowest BCUT2D eigenvalue weighted by atomic mass is 10.0. The number of pyridine rings is 1. The summed E-state index contributed by atoms with van der Waals surface area (Å²) in [6.07, 6.45) is 2.11. The number of fused-ring (bicyclic) bond motifs is 6. The minimum Gasteiger partial charge on any atom is -0.455 e. The molecule has 3 heteroatoms. The van der Waals surface area contributed by atoms with E-state index >= 15 is 0 Å². The fourth-order valence-corrected chi connectivity index (χ4v) is 10.8. The summed E-state index contributed by atoms with van der Waals surface area (Å²) in [7, 11) is -0.177. The smallest absolute Gasteiger partial charge is 0.216 e. The summed E-state index contributed by atoms with van der Waals surface area (Å²) in [5.41, 5.74) is 8.32. The van der Waals surface area contributed by atoms with E-state index in [0.29, 0.717) is 0 Å². The average molecular weight is 469 g/mol. The van der Waals surface area contributed by atoms with Gasteiger partial charge in [0.1, 0.15) is 26.3 Å². The average Bonchev–Trinajstić information content (AvgIpc) is 3.39. The molecule has 0 bridgehead atoms. The summed E-state index contributed by atoms with van der Waals surface area (Å²) in [4.78, 5) is 0. The Hall–Kier alpha value is -3.95. The van der Waals surface area contributed by atoms with Gasteiger partial charge in [0.25, 0.3) is 0 Å². The van der Waals surface area contributed by atoms with Crippen LogP contribution >= 0.6 is 0 Å². The minimum atomic E-state index is -2.28. The van der Waals surface area contributed by atoms with Gasteiger partial charge in [-0.25, -0.2) is 4.57 Å². The number of furan rings is 1. The molecule has 6 aromatic rings. The highest BCUT2D eigenvalue weighted by atomic mass is 28.3. The number of aromatic nitrogens is 1. The number of para-hydroxylation sites is 1. The van der Waals surface area contributed by atoms with Crippen molar-refractivity contribution in [3.63, 3.8) is 0 Å². The maximum absolute atomic E-state index is 6.70. The zero-order valence-electron chi connectivity index (χ0n) is 20.2. The Kier molecular flexibility index (Phi) is 4.24. The molecule has 4 aromatic carbocycles. The molecule has 0 atom stereocenters. The number of benzene rings is 4. The van der Waals surface area contributed by atoms with Gasteiger partial charge < -0.3 is 4.42 Å². The molecule has 0 N–H and O–H groups in total. The van der Waals surface area contributed by atoms with Crippen molar-refractivity contribution in [1.29, 1.82) is 0 Å². The molecule has 0 radical (unpaired) electrons. The van der Waals surface area contributed by atoms with Crippen molar-refractivity contribution in [3.05, 3.63) is 109 Å². The van der Waals surface area contributed by atoms with Crippen molar-refractivity contribution in [2.45, 2.75) is 13.5 Å². The molecule has 1 aliphatic rings. The van der Waals surface area contributed by atoms with Gasteiger partial charge in [-0.1, -0.05) is 79.3 Å². The first kappa shape index (κ1) is 20.4. The van der Waals surface area contributed by atoms with Crippen LogP contribution in [0.25, 0.3) is 44.3 Å². The van der Waals surface area contributed by atoms with E-state index in [9.17, 15) is 0 Å². The molecule has 0 aliphatic carbocycles. The van der Waals surface area contributed by atoms with E-state index in [0.717, 1.165) is 11.2 Å². The van der Waals surface area contributed by atoms with Gasteiger partial charge in [0.05, 0.1) is 5.56 Å². The molecule has 35 heavy (non-hydrogen) atoms. The quantitative estimate of drug-likeness (QED) is 0.243. The van der Waals surface area contributed by atoms with Crippen LogP contribution in [0, 0.1) is 6.92 Å². The Labute approximate surface area is 206 Å². The van der Waals surface area contributed by atoms with Gasteiger partial charge in [0.15, 0.2) is 6.20 Å². The number of aryl methyl sites for hydroxylation is 2. The summed E-state index contributed by atoms with van der Waals surface area (Å²) < 4.78 is 8.89. The van der Waals surface area contributed by atoms with Crippen LogP contribution in [0.15, 0.2) is 108 Å². The largest absolute Gasteiger partial charge is 0.455 e. The molecule has 0 fully saturated rings. The maximum atomic E-state index is 6.70. The first-order valence-electron chi connectivity index (χ1n) is 12.2. The third kappa shape index (κ3) is 2.67. The van der Waals surface area contributed by atoms with Crippen LogP contribution in [0.1, 0.15) is 5.56 Å². The molecule has 0 unspecified atom stereocenters. The molecule has 2 aromatic heterocycles. The van der Waals surface area contributed by atoms with Gasteiger partial charge in [0.2, 0.25) is 5.69 Å². The van der Waals surface area contributed by atoms with Crippen molar-refractivity contribution in [2.75, 3.05) is 0 Å². The van der Waals surface area contributed by atoms with Crippen LogP contribution < -0.4 is 20.1 Å². The van der Waals surface area contributed by atoms with Crippen LogP contribution in [-0.2, 0) is 7.05 Å². The molecule has 0 saturated heterocycles. The van der Waals surface area contributed by atoms with Gasteiger partial charge in [-0.05, 0) is 51.3 Å². The van der Waals surface area contributed by atoms with E-state index in [1.54, 1.807) is 0 Å². The SMILES string of the molecule is Cc1cc([Si]2(C)c3ccccc3-c3ccccc32)c2c(oc3ccccc32)c1-c1cccc[n+]1C. The molecule has 7 rings (SSSR count). The standard InChI is InChI=1S/C32H26NOSi/c1-21-20-29(35(3)27-17-8-5-12-22(27)23-13-6-9-18-28(23)35)31-24-14-4-7-16-26(24)34-32(31)30(21)25-15-10-11-19-33(25)2/h4-20H,1-3H3/q+1. The van der Waals surface area contributed by atoms with Crippen molar-refractivity contribution >= 4 is 45.6 Å². The molecule has 0 spiro atoms. The Balaban J connectivity index is 1.67. The van der Waals surface area contributed by atoms with Gasteiger partial charge >= 0.3 is 0 Å². The summed E-state index contributed by atoms with van der Waals surface area (Å²) in [5.74, 6) is 0. The second-order valence-corrected chi connectivity index (χ2v) is 13.7. The zero-order valence-corrected chi connectivity index (χ0v) is 21.2. The monoisotopic (exact) mass is 468 g/mol. The predicted octanol–water partition coefficient (Wildman–Crippen LogP) is 5.47. The first-order valence-corrected chi connectivity index (χ1v) is 14.7. The Morgan fingerprint density at radius 2 is 1.34 bits per heavy atom.